The molecule has 0 unspecified atom stereocenters. The van der Waals surface area contributed by atoms with E-state index in [1.165, 1.54) is 0 Å². The molecular formula is C12H13N3O2. The van der Waals surface area contributed by atoms with Gasteiger partial charge >= 0.3 is 5.97 Å². The Bertz CT molecular complexity index is 525. The zero-order valence-corrected chi connectivity index (χ0v) is 9.28. The Hall–Kier alpha value is -1.88. The monoisotopic (exact) mass is 231 g/mol. The van der Waals surface area contributed by atoms with E-state index in [1.807, 2.05) is 35.0 Å². The average Bonchev–Trinajstić information content (AvgIpc) is 2.64. The number of hydrogen-bond acceptors (Lipinski definition) is 3. The standard InChI is InChI=1S/C12H13N3O2/c16-12(17)9-5-14(6-9)7-10-8-15-4-2-1-3-11(15)13-10/h1-4,8-9H,5-7H2,(H,16,17). The van der Waals surface area contributed by atoms with Crippen molar-refractivity contribution >= 4 is 11.6 Å². The van der Waals surface area contributed by atoms with E-state index in [2.05, 4.69) is 9.88 Å². The molecule has 0 radical (unpaired) electrons. The van der Waals surface area contributed by atoms with Gasteiger partial charge < -0.3 is 9.51 Å². The molecular weight excluding hydrogens is 218 g/mol. The number of rotatable bonds is 3. The van der Waals surface area contributed by atoms with Crippen LogP contribution in [-0.2, 0) is 11.3 Å². The summed E-state index contributed by atoms with van der Waals surface area (Å²) in [6.45, 7) is 1.98. The lowest BCUT2D eigenvalue weighted by molar-refractivity contribution is -0.147. The van der Waals surface area contributed by atoms with Crippen LogP contribution in [0.1, 0.15) is 5.69 Å². The van der Waals surface area contributed by atoms with Gasteiger partial charge in [0.2, 0.25) is 0 Å². The van der Waals surface area contributed by atoms with Gasteiger partial charge in [-0.25, -0.2) is 4.98 Å². The van der Waals surface area contributed by atoms with Crippen LogP contribution in [0.5, 0.6) is 0 Å². The molecule has 3 heterocycles. The highest BCUT2D eigenvalue weighted by atomic mass is 16.4. The highest BCUT2D eigenvalue weighted by molar-refractivity contribution is 5.71. The maximum Gasteiger partial charge on any atom is 0.309 e. The minimum atomic E-state index is -0.698. The third kappa shape index (κ3) is 1.89. The number of imidazole rings is 1. The molecule has 1 aliphatic heterocycles. The Morgan fingerprint density at radius 2 is 2.29 bits per heavy atom. The van der Waals surface area contributed by atoms with Crippen LogP contribution in [-0.4, -0.2) is 38.4 Å². The number of aliphatic carboxylic acids is 1. The van der Waals surface area contributed by atoms with Crippen molar-refractivity contribution in [3.05, 3.63) is 36.3 Å². The Balaban J connectivity index is 1.68. The van der Waals surface area contributed by atoms with Crippen molar-refractivity contribution in [3.8, 4) is 0 Å². The first-order valence-corrected chi connectivity index (χ1v) is 5.60. The molecule has 3 rings (SSSR count). The van der Waals surface area contributed by atoms with Crippen LogP contribution >= 0.6 is 0 Å². The maximum absolute atomic E-state index is 10.7. The van der Waals surface area contributed by atoms with Gasteiger partial charge in [0, 0.05) is 32.0 Å². The largest absolute Gasteiger partial charge is 0.481 e. The average molecular weight is 231 g/mol. The summed E-state index contributed by atoms with van der Waals surface area (Å²) in [6.07, 6.45) is 3.95. The molecule has 2 aromatic heterocycles. The first-order chi connectivity index (χ1) is 8.22. The molecule has 0 bridgehead atoms. The van der Waals surface area contributed by atoms with Crippen LogP contribution in [0.2, 0.25) is 0 Å². The number of hydrogen-bond donors (Lipinski definition) is 1. The van der Waals surface area contributed by atoms with Gasteiger partial charge in [-0.1, -0.05) is 6.07 Å². The third-order valence-corrected chi connectivity index (χ3v) is 3.11. The quantitative estimate of drug-likeness (QED) is 0.850. The number of pyridine rings is 1. The normalized spacial score (nSPS) is 17.2. The van der Waals surface area contributed by atoms with E-state index >= 15 is 0 Å². The number of carboxylic acids is 1. The Labute approximate surface area is 98.3 Å². The first-order valence-electron chi connectivity index (χ1n) is 5.60. The second kappa shape index (κ2) is 3.85. The van der Waals surface area contributed by atoms with Crippen LogP contribution in [0.3, 0.4) is 0 Å². The predicted octanol–water partition coefficient (Wildman–Crippen LogP) is 0.851. The fraction of sp³-hybridized carbons (Fsp3) is 0.333. The minimum absolute atomic E-state index is 0.202. The van der Waals surface area contributed by atoms with Crippen LogP contribution in [0.15, 0.2) is 30.6 Å². The van der Waals surface area contributed by atoms with E-state index in [1.54, 1.807) is 0 Å². The van der Waals surface area contributed by atoms with Crippen molar-refractivity contribution in [2.24, 2.45) is 5.92 Å². The van der Waals surface area contributed by atoms with E-state index < -0.39 is 5.97 Å². The Morgan fingerprint density at radius 1 is 1.47 bits per heavy atom. The highest BCUT2D eigenvalue weighted by Crippen LogP contribution is 2.18. The van der Waals surface area contributed by atoms with Crippen LogP contribution < -0.4 is 0 Å². The van der Waals surface area contributed by atoms with Gasteiger partial charge in [-0.05, 0) is 12.1 Å². The van der Waals surface area contributed by atoms with Gasteiger partial charge in [-0.15, -0.1) is 0 Å². The summed E-state index contributed by atoms with van der Waals surface area (Å²) in [5.41, 5.74) is 1.91. The fourth-order valence-corrected chi connectivity index (χ4v) is 2.15. The lowest BCUT2D eigenvalue weighted by Gasteiger charge is -2.35. The summed E-state index contributed by atoms with van der Waals surface area (Å²) in [5, 5.41) is 8.79. The summed E-state index contributed by atoms with van der Waals surface area (Å²) in [6, 6.07) is 5.87. The Morgan fingerprint density at radius 3 is 3.00 bits per heavy atom. The molecule has 88 valence electrons. The summed E-state index contributed by atoms with van der Waals surface area (Å²) >= 11 is 0. The van der Waals surface area contributed by atoms with Crippen molar-refractivity contribution < 1.29 is 9.90 Å². The summed E-state index contributed by atoms with van der Waals surface area (Å²) in [7, 11) is 0. The molecule has 0 aliphatic carbocycles. The number of aromatic nitrogens is 2. The zero-order valence-electron chi connectivity index (χ0n) is 9.28. The van der Waals surface area contributed by atoms with Gasteiger partial charge in [0.1, 0.15) is 5.65 Å². The van der Waals surface area contributed by atoms with E-state index in [0.29, 0.717) is 13.1 Å². The predicted molar refractivity (Wildman–Crippen MR) is 61.6 cm³/mol. The van der Waals surface area contributed by atoms with Crippen molar-refractivity contribution in [2.75, 3.05) is 13.1 Å². The van der Waals surface area contributed by atoms with Gasteiger partial charge in [0.15, 0.2) is 0 Å². The van der Waals surface area contributed by atoms with Gasteiger partial charge in [0.25, 0.3) is 0 Å². The number of nitrogens with zero attached hydrogens (tertiary/aromatic N) is 3. The van der Waals surface area contributed by atoms with E-state index in [-0.39, 0.29) is 5.92 Å². The number of carbonyl (C=O) groups is 1. The molecule has 0 spiro atoms. The second-order valence-electron chi connectivity index (χ2n) is 4.43. The molecule has 5 heteroatoms. The molecule has 17 heavy (non-hydrogen) atoms. The summed E-state index contributed by atoms with van der Waals surface area (Å²) in [4.78, 5) is 17.3. The lowest BCUT2D eigenvalue weighted by Crippen LogP contribution is -2.49. The molecule has 1 N–H and O–H groups in total. The number of likely N-dealkylation sites (tertiary alicyclic amines) is 1. The molecule has 2 aromatic rings. The topological polar surface area (TPSA) is 57.8 Å². The first kappa shape index (κ1) is 10.3. The van der Waals surface area contributed by atoms with Gasteiger partial charge in [-0.2, -0.15) is 0 Å². The van der Waals surface area contributed by atoms with E-state index in [9.17, 15) is 4.79 Å². The van der Waals surface area contributed by atoms with Crippen LogP contribution in [0.4, 0.5) is 0 Å². The molecule has 0 amide bonds. The van der Waals surface area contributed by atoms with Crippen LogP contribution in [0, 0.1) is 5.92 Å². The molecule has 0 saturated carbocycles. The van der Waals surface area contributed by atoms with Gasteiger partial charge in [-0.3, -0.25) is 9.69 Å². The van der Waals surface area contributed by atoms with Crippen molar-refractivity contribution in [1.82, 2.24) is 14.3 Å². The van der Waals surface area contributed by atoms with Crippen LogP contribution in [0.25, 0.3) is 5.65 Å². The zero-order chi connectivity index (χ0) is 11.8. The number of carboxylic acid groups (broad SMARTS) is 1. The highest BCUT2D eigenvalue weighted by Gasteiger charge is 2.32. The Kier molecular flexibility index (Phi) is 2.33. The smallest absolute Gasteiger partial charge is 0.309 e. The minimum Gasteiger partial charge on any atom is -0.481 e. The van der Waals surface area contributed by atoms with E-state index in [4.69, 9.17) is 5.11 Å². The second-order valence-corrected chi connectivity index (χ2v) is 4.43. The molecule has 1 fully saturated rings. The number of fused-ring (bicyclic) bond motifs is 1. The SMILES string of the molecule is O=C(O)C1CN(Cc2cn3ccccc3n2)C1. The van der Waals surface area contributed by atoms with Gasteiger partial charge in [0.05, 0.1) is 11.6 Å². The lowest BCUT2D eigenvalue weighted by atomic mass is 10.0. The van der Waals surface area contributed by atoms with Crippen molar-refractivity contribution in [2.45, 2.75) is 6.54 Å². The van der Waals surface area contributed by atoms with Crippen molar-refractivity contribution in [1.29, 1.82) is 0 Å². The third-order valence-electron chi connectivity index (χ3n) is 3.11. The molecule has 1 aliphatic rings. The van der Waals surface area contributed by atoms with Crippen molar-refractivity contribution in [3.63, 3.8) is 0 Å². The molecule has 1 saturated heterocycles. The maximum atomic E-state index is 10.7. The summed E-state index contributed by atoms with van der Waals surface area (Å²) in [5.74, 6) is -0.900. The molecule has 0 aromatic carbocycles. The molecule has 0 atom stereocenters. The summed E-state index contributed by atoms with van der Waals surface area (Å²) < 4.78 is 1.98. The molecule has 5 nitrogen and oxygen atoms in total. The fourth-order valence-electron chi connectivity index (χ4n) is 2.15. The van der Waals surface area contributed by atoms with E-state index in [0.717, 1.165) is 17.9 Å².